The second-order valence-electron chi connectivity index (χ2n) is 5.30. The monoisotopic (exact) mass is 235 g/mol. The Hall–Kier alpha value is -1.16. The van der Waals surface area contributed by atoms with Crippen LogP contribution in [0.15, 0.2) is 12.4 Å². The van der Waals surface area contributed by atoms with Crippen molar-refractivity contribution in [2.45, 2.75) is 38.5 Å². The molecule has 1 saturated carbocycles. The topological polar surface area (TPSA) is 60.9 Å². The first-order chi connectivity index (χ1) is 8.13. The van der Waals surface area contributed by atoms with Gasteiger partial charge in [0.1, 0.15) is 5.78 Å². The smallest absolute Gasteiger partial charge is 0.133 e. The van der Waals surface area contributed by atoms with Gasteiger partial charge in [-0.1, -0.05) is 6.42 Å². The number of Topliss-reactive ketones (excluding diaryl/α,β-unsaturated/α-hetero) is 1. The molecule has 1 fully saturated rings. The van der Waals surface area contributed by atoms with Crippen molar-refractivity contribution in [3.05, 3.63) is 18.0 Å². The third-order valence-corrected chi connectivity index (χ3v) is 3.87. The molecule has 1 aromatic heterocycles. The average Bonchev–Trinajstić information content (AvgIpc) is 2.67. The van der Waals surface area contributed by atoms with Crippen molar-refractivity contribution in [1.29, 1.82) is 0 Å². The summed E-state index contributed by atoms with van der Waals surface area (Å²) in [5.41, 5.74) is 7.04. The first-order valence-electron chi connectivity index (χ1n) is 6.33. The van der Waals surface area contributed by atoms with E-state index in [1.807, 2.05) is 19.4 Å². The van der Waals surface area contributed by atoms with E-state index >= 15 is 0 Å². The van der Waals surface area contributed by atoms with Crippen molar-refractivity contribution in [2.75, 3.05) is 6.54 Å². The number of carbonyl (C=O) groups is 1. The van der Waals surface area contributed by atoms with Crippen LogP contribution < -0.4 is 5.73 Å². The van der Waals surface area contributed by atoms with E-state index < -0.39 is 0 Å². The van der Waals surface area contributed by atoms with Gasteiger partial charge >= 0.3 is 0 Å². The van der Waals surface area contributed by atoms with Gasteiger partial charge in [0, 0.05) is 26.1 Å². The summed E-state index contributed by atoms with van der Waals surface area (Å²) < 4.78 is 1.77. The predicted molar refractivity (Wildman–Crippen MR) is 66.5 cm³/mol. The van der Waals surface area contributed by atoms with Crippen molar-refractivity contribution in [2.24, 2.45) is 18.2 Å². The molecule has 2 N–H and O–H groups in total. The predicted octanol–water partition coefficient (Wildman–Crippen LogP) is 1.44. The van der Waals surface area contributed by atoms with Crippen LogP contribution in [0.4, 0.5) is 0 Å². The van der Waals surface area contributed by atoms with Crippen LogP contribution in [0.25, 0.3) is 0 Å². The summed E-state index contributed by atoms with van der Waals surface area (Å²) in [6.45, 7) is 0.658. The van der Waals surface area contributed by atoms with Crippen LogP contribution in [-0.4, -0.2) is 22.1 Å². The molecule has 17 heavy (non-hydrogen) atoms. The lowest BCUT2D eigenvalue weighted by molar-refractivity contribution is -0.122. The maximum Gasteiger partial charge on any atom is 0.133 e. The maximum absolute atomic E-state index is 11.9. The fraction of sp³-hybridized carbons (Fsp3) is 0.692. The Morgan fingerprint density at radius 2 is 2.35 bits per heavy atom. The lowest BCUT2D eigenvalue weighted by atomic mass is 9.65. The van der Waals surface area contributed by atoms with E-state index in [0.717, 1.165) is 24.8 Å². The van der Waals surface area contributed by atoms with Gasteiger partial charge in [0.15, 0.2) is 0 Å². The summed E-state index contributed by atoms with van der Waals surface area (Å²) >= 11 is 0. The highest BCUT2D eigenvalue weighted by Crippen LogP contribution is 2.43. The largest absolute Gasteiger partial charge is 0.330 e. The summed E-state index contributed by atoms with van der Waals surface area (Å²) in [5.74, 6) is 0.346. The highest BCUT2D eigenvalue weighted by molar-refractivity contribution is 5.79. The van der Waals surface area contributed by atoms with Crippen molar-refractivity contribution < 1.29 is 4.79 Å². The summed E-state index contributed by atoms with van der Waals surface area (Å²) in [5, 5.41) is 4.10. The van der Waals surface area contributed by atoms with Crippen molar-refractivity contribution in [3.63, 3.8) is 0 Å². The van der Waals surface area contributed by atoms with Crippen molar-refractivity contribution >= 4 is 5.78 Å². The molecule has 94 valence electrons. The Kier molecular flexibility index (Phi) is 3.62. The molecule has 1 heterocycles. The molecule has 1 aromatic rings. The Bertz CT molecular complexity index is 388. The van der Waals surface area contributed by atoms with Crippen LogP contribution in [0.1, 0.15) is 37.7 Å². The molecule has 0 amide bonds. The molecule has 0 radical (unpaired) electrons. The number of ketones is 1. The van der Waals surface area contributed by atoms with E-state index in [9.17, 15) is 4.79 Å². The van der Waals surface area contributed by atoms with Gasteiger partial charge in [-0.15, -0.1) is 0 Å². The molecule has 2 rings (SSSR count). The number of carbonyl (C=O) groups excluding carboxylic acids is 1. The van der Waals surface area contributed by atoms with Gasteiger partial charge in [-0.2, -0.15) is 5.10 Å². The number of nitrogens with zero attached hydrogens (tertiary/aromatic N) is 2. The maximum atomic E-state index is 11.9. The van der Waals surface area contributed by atoms with E-state index in [1.165, 1.54) is 6.42 Å². The summed E-state index contributed by atoms with van der Waals surface area (Å²) in [6.07, 6.45) is 9.37. The molecule has 0 unspecified atom stereocenters. The third kappa shape index (κ3) is 2.94. The lowest BCUT2D eigenvalue weighted by Crippen LogP contribution is -2.39. The molecule has 1 aliphatic rings. The SMILES string of the molecule is Cn1cc(CCC(=O)CC2(CN)CCC2)cn1. The minimum absolute atomic E-state index is 0.145. The molecule has 0 saturated heterocycles. The minimum Gasteiger partial charge on any atom is -0.330 e. The van der Waals surface area contributed by atoms with Crippen LogP contribution in [-0.2, 0) is 18.3 Å². The van der Waals surface area contributed by atoms with Crippen LogP contribution in [0, 0.1) is 5.41 Å². The van der Waals surface area contributed by atoms with E-state index in [-0.39, 0.29) is 5.41 Å². The molecule has 4 nitrogen and oxygen atoms in total. The van der Waals surface area contributed by atoms with Gasteiger partial charge in [0.25, 0.3) is 0 Å². The van der Waals surface area contributed by atoms with E-state index in [4.69, 9.17) is 5.73 Å². The third-order valence-electron chi connectivity index (χ3n) is 3.87. The minimum atomic E-state index is 0.145. The molecule has 0 aliphatic heterocycles. The van der Waals surface area contributed by atoms with Crippen LogP contribution in [0.2, 0.25) is 0 Å². The van der Waals surface area contributed by atoms with E-state index in [2.05, 4.69) is 5.10 Å². The Morgan fingerprint density at radius 3 is 2.82 bits per heavy atom. The van der Waals surface area contributed by atoms with Crippen LogP contribution in [0.3, 0.4) is 0 Å². The number of aromatic nitrogens is 2. The van der Waals surface area contributed by atoms with E-state index in [0.29, 0.717) is 25.2 Å². The number of hydrogen-bond acceptors (Lipinski definition) is 3. The normalized spacial score (nSPS) is 17.8. The highest BCUT2D eigenvalue weighted by atomic mass is 16.1. The van der Waals surface area contributed by atoms with Crippen molar-refractivity contribution in [3.8, 4) is 0 Å². The Morgan fingerprint density at radius 1 is 1.59 bits per heavy atom. The summed E-state index contributed by atoms with van der Waals surface area (Å²) in [6, 6.07) is 0. The van der Waals surface area contributed by atoms with Gasteiger partial charge in [-0.25, -0.2) is 0 Å². The number of hydrogen-bond donors (Lipinski definition) is 1. The fourth-order valence-corrected chi connectivity index (χ4v) is 2.52. The standard InChI is InChI=1S/C13H21N3O/c1-16-9-11(8-15-16)3-4-12(17)7-13(10-14)5-2-6-13/h8-9H,2-7,10,14H2,1H3. The second-order valence-corrected chi connectivity index (χ2v) is 5.30. The molecular formula is C13H21N3O. The van der Waals surface area contributed by atoms with E-state index in [1.54, 1.807) is 4.68 Å². The summed E-state index contributed by atoms with van der Waals surface area (Å²) in [7, 11) is 1.89. The second kappa shape index (κ2) is 5.00. The van der Waals surface area contributed by atoms with Crippen LogP contribution in [0.5, 0.6) is 0 Å². The van der Waals surface area contributed by atoms with Gasteiger partial charge in [0.05, 0.1) is 6.20 Å². The van der Waals surface area contributed by atoms with Crippen LogP contribution >= 0.6 is 0 Å². The zero-order valence-corrected chi connectivity index (χ0v) is 10.5. The zero-order valence-electron chi connectivity index (χ0n) is 10.5. The molecule has 0 atom stereocenters. The number of nitrogens with two attached hydrogens (primary N) is 1. The fourth-order valence-electron chi connectivity index (χ4n) is 2.52. The Balaban J connectivity index is 1.77. The van der Waals surface area contributed by atoms with Gasteiger partial charge in [-0.05, 0) is 36.8 Å². The van der Waals surface area contributed by atoms with Gasteiger partial charge in [-0.3, -0.25) is 9.48 Å². The molecule has 0 aromatic carbocycles. The molecule has 0 bridgehead atoms. The quantitative estimate of drug-likeness (QED) is 0.811. The number of aryl methyl sites for hydroxylation is 2. The summed E-state index contributed by atoms with van der Waals surface area (Å²) in [4.78, 5) is 11.9. The molecule has 4 heteroatoms. The zero-order chi connectivity index (χ0) is 12.3. The first-order valence-corrected chi connectivity index (χ1v) is 6.33. The lowest BCUT2D eigenvalue weighted by Gasteiger charge is -2.40. The molecular weight excluding hydrogens is 214 g/mol. The highest BCUT2D eigenvalue weighted by Gasteiger charge is 2.37. The number of rotatable bonds is 6. The van der Waals surface area contributed by atoms with Crippen molar-refractivity contribution in [1.82, 2.24) is 9.78 Å². The molecule has 0 spiro atoms. The first kappa shape index (κ1) is 12.3. The van der Waals surface area contributed by atoms with Gasteiger partial charge in [0.2, 0.25) is 0 Å². The molecule has 1 aliphatic carbocycles. The average molecular weight is 235 g/mol. The Labute approximate surface area is 102 Å². The van der Waals surface area contributed by atoms with Gasteiger partial charge < -0.3 is 5.73 Å².